The molecule has 2 aliphatic rings. The van der Waals surface area contributed by atoms with E-state index in [9.17, 15) is 4.79 Å². The Labute approximate surface area is 170 Å². The van der Waals surface area contributed by atoms with Gasteiger partial charge < -0.3 is 14.4 Å². The van der Waals surface area contributed by atoms with Gasteiger partial charge in [-0.25, -0.2) is 5.43 Å². The number of nitrogens with zero attached hydrogens (tertiary/aromatic N) is 4. The number of hydrogen-bond acceptors (Lipinski definition) is 7. The summed E-state index contributed by atoms with van der Waals surface area (Å²) in [6, 6.07) is 9.84. The van der Waals surface area contributed by atoms with E-state index in [1.54, 1.807) is 18.6 Å². The van der Waals surface area contributed by atoms with Crippen molar-refractivity contribution in [3.05, 3.63) is 53.9 Å². The highest BCUT2D eigenvalue weighted by Gasteiger charge is 2.19. The smallest absolute Gasteiger partial charge is 0.241 e. The zero-order valence-corrected chi connectivity index (χ0v) is 16.3. The monoisotopic (exact) mass is 395 g/mol. The van der Waals surface area contributed by atoms with Crippen molar-refractivity contribution >= 4 is 12.1 Å². The number of benzene rings is 1. The van der Waals surface area contributed by atoms with Crippen molar-refractivity contribution in [3.63, 3.8) is 0 Å². The van der Waals surface area contributed by atoms with Crippen LogP contribution in [0.15, 0.2) is 47.8 Å². The van der Waals surface area contributed by atoms with E-state index < -0.39 is 0 Å². The molecule has 0 aliphatic carbocycles. The predicted octanol–water partition coefficient (Wildman–Crippen LogP) is 1.47. The van der Waals surface area contributed by atoms with Gasteiger partial charge in [0.25, 0.3) is 0 Å². The lowest BCUT2D eigenvalue weighted by molar-refractivity contribution is -0.121. The number of rotatable bonds is 7. The number of hydrogen-bond donors (Lipinski definition) is 1. The third-order valence-electron chi connectivity index (χ3n) is 5.05. The number of ether oxygens (including phenoxy) is 2. The Balaban J connectivity index is 1.14. The molecule has 3 heterocycles. The number of carbonyl (C=O) groups is 1. The first kappa shape index (κ1) is 19.4. The fraction of sp³-hybridized carbons (Fsp3) is 0.381. The van der Waals surface area contributed by atoms with Gasteiger partial charge in [-0.05, 0) is 23.8 Å². The minimum atomic E-state index is -0.0760. The van der Waals surface area contributed by atoms with Crippen LogP contribution >= 0.6 is 0 Å². The summed E-state index contributed by atoms with van der Waals surface area (Å²) in [5.74, 6) is 1.58. The number of fused-ring (bicyclic) bond motifs is 1. The number of carbonyl (C=O) groups excluding carboxylic acids is 1. The summed E-state index contributed by atoms with van der Waals surface area (Å²) in [6.07, 6.45) is 5.43. The molecular formula is C21H25N5O3. The SMILES string of the molecule is O=C(CCN1CCN(Cc2ccc3c(c2)OCO3)CC1)N/N=C/c1cccnc1. The van der Waals surface area contributed by atoms with E-state index in [2.05, 4.69) is 37.4 Å². The Bertz CT molecular complexity index is 851. The van der Waals surface area contributed by atoms with Crippen LogP contribution in [-0.2, 0) is 11.3 Å². The predicted molar refractivity (Wildman–Crippen MR) is 109 cm³/mol. The molecule has 0 saturated carbocycles. The van der Waals surface area contributed by atoms with Crippen LogP contribution in [-0.4, -0.2) is 66.4 Å². The minimum Gasteiger partial charge on any atom is -0.454 e. The molecule has 2 aromatic rings. The molecule has 0 atom stereocenters. The van der Waals surface area contributed by atoms with Gasteiger partial charge in [0.1, 0.15) is 0 Å². The van der Waals surface area contributed by atoms with Crippen molar-refractivity contribution in [1.82, 2.24) is 20.2 Å². The first-order valence-corrected chi connectivity index (χ1v) is 9.81. The van der Waals surface area contributed by atoms with E-state index >= 15 is 0 Å². The van der Waals surface area contributed by atoms with Crippen LogP contribution in [0, 0.1) is 0 Å². The molecule has 1 saturated heterocycles. The standard InChI is InChI=1S/C21H25N5O3/c27-21(24-23-14-18-2-1-6-22-13-18)5-7-25-8-10-26(11-9-25)15-17-3-4-19-20(12-17)29-16-28-19/h1-4,6,12-14H,5,7-11,15-16H2,(H,24,27)/b23-14+. The van der Waals surface area contributed by atoms with Gasteiger partial charge in [-0.15, -0.1) is 0 Å². The topological polar surface area (TPSA) is 79.3 Å². The lowest BCUT2D eigenvalue weighted by Gasteiger charge is -2.34. The molecule has 1 aromatic heterocycles. The lowest BCUT2D eigenvalue weighted by atomic mass is 10.1. The lowest BCUT2D eigenvalue weighted by Crippen LogP contribution is -2.46. The van der Waals surface area contributed by atoms with E-state index in [0.29, 0.717) is 13.2 Å². The van der Waals surface area contributed by atoms with Crippen molar-refractivity contribution in [3.8, 4) is 11.5 Å². The maximum atomic E-state index is 12.0. The van der Waals surface area contributed by atoms with Gasteiger partial charge in [0, 0.05) is 63.6 Å². The van der Waals surface area contributed by atoms with Crippen LogP contribution in [0.1, 0.15) is 17.5 Å². The second-order valence-corrected chi connectivity index (χ2v) is 7.13. The molecule has 0 radical (unpaired) electrons. The summed E-state index contributed by atoms with van der Waals surface area (Å²) in [5.41, 5.74) is 4.66. The molecule has 0 bridgehead atoms. The molecule has 0 unspecified atom stereocenters. The van der Waals surface area contributed by atoms with Gasteiger partial charge in [-0.3, -0.25) is 14.7 Å². The van der Waals surface area contributed by atoms with Crippen LogP contribution in [0.5, 0.6) is 11.5 Å². The van der Waals surface area contributed by atoms with Crippen molar-refractivity contribution < 1.29 is 14.3 Å². The number of hydrazone groups is 1. The molecule has 152 valence electrons. The molecule has 1 fully saturated rings. The van der Waals surface area contributed by atoms with E-state index in [4.69, 9.17) is 9.47 Å². The highest BCUT2D eigenvalue weighted by atomic mass is 16.7. The summed E-state index contributed by atoms with van der Waals surface area (Å²) >= 11 is 0. The van der Waals surface area contributed by atoms with Crippen LogP contribution in [0.25, 0.3) is 0 Å². The summed E-state index contributed by atoms with van der Waals surface area (Å²) < 4.78 is 10.8. The molecule has 8 heteroatoms. The zero-order valence-electron chi connectivity index (χ0n) is 16.3. The highest BCUT2D eigenvalue weighted by Crippen LogP contribution is 2.32. The molecule has 29 heavy (non-hydrogen) atoms. The molecule has 8 nitrogen and oxygen atoms in total. The molecular weight excluding hydrogens is 370 g/mol. The molecule has 1 amide bonds. The van der Waals surface area contributed by atoms with Crippen molar-refractivity contribution in [2.24, 2.45) is 5.10 Å². The zero-order chi connectivity index (χ0) is 19.9. The summed E-state index contributed by atoms with van der Waals surface area (Å²) in [6.45, 7) is 5.82. The molecule has 4 rings (SSSR count). The molecule has 2 aliphatic heterocycles. The first-order valence-electron chi connectivity index (χ1n) is 9.81. The van der Waals surface area contributed by atoms with Gasteiger partial charge in [-0.1, -0.05) is 12.1 Å². The Morgan fingerprint density at radius 2 is 1.97 bits per heavy atom. The molecule has 0 spiro atoms. The van der Waals surface area contributed by atoms with Gasteiger partial charge in [-0.2, -0.15) is 5.10 Å². The van der Waals surface area contributed by atoms with Gasteiger partial charge in [0.15, 0.2) is 11.5 Å². The van der Waals surface area contributed by atoms with Gasteiger partial charge in [0.05, 0.1) is 6.21 Å². The number of piperazine rings is 1. The summed E-state index contributed by atoms with van der Waals surface area (Å²) in [5, 5.41) is 3.98. The van der Waals surface area contributed by atoms with E-state index in [-0.39, 0.29) is 5.91 Å². The normalized spacial score (nSPS) is 17.0. The molecule has 1 N–H and O–H groups in total. The van der Waals surface area contributed by atoms with E-state index in [0.717, 1.165) is 56.3 Å². The van der Waals surface area contributed by atoms with Crippen LogP contribution < -0.4 is 14.9 Å². The Kier molecular flexibility index (Phi) is 6.33. The number of aromatic nitrogens is 1. The minimum absolute atomic E-state index is 0.0760. The van der Waals surface area contributed by atoms with Crippen molar-refractivity contribution in [2.45, 2.75) is 13.0 Å². The second-order valence-electron chi connectivity index (χ2n) is 7.13. The van der Waals surface area contributed by atoms with Crippen LogP contribution in [0.3, 0.4) is 0 Å². The Hall–Kier alpha value is -2.97. The summed E-state index contributed by atoms with van der Waals surface area (Å²) in [4.78, 5) is 20.7. The second kappa shape index (κ2) is 9.49. The third kappa shape index (κ3) is 5.52. The fourth-order valence-corrected chi connectivity index (χ4v) is 3.42. The Morgan fingerprint density at radius 1 is 1.14 bits per heavy atom. The third-order valence-corrected chi connectivity index (χ3v) is 5.05. The van der Waals surface area contributed by atoms with Crippen molar-refractivity contribution in [1.29, 1.82) is 0 Å². The average molecular weight is 395 g/mol. The Morgan fingerprint density at radius 3 is 2.79 bits per heavy atom. The van der Waals surface area contributed by atoms with E-state index in [1.807, 2.05) is 18.2 Å². The van der Waals surface area contributed by atoms with Crippen LogP contribution in [0.2, 0.25) is 0 Å². The maximum Gasteiger partial charge on any atom is 0.241 e. The molecule has 1 aromatic carbocycles. The fourth-order valence-electron chi connectivity index (χ4n) is 3.42. The number of amides is 1. The maximum absolute atomic E-state index is 12.0. The number of pyridine rings is 1. The van der Waals surface area contributed by atoms with Gasteiger partial charge in [0.2, 0.25) is 12.7 Å². The average Bonchev–Trinajstić information content (AvgIpc) is 3.22. The van der Waals surface area contributed by atoms with Crippen molar-refractivity contribution in [2.75, 3.05) is 39.5 Å². The largest absolute Gasteiger partial charge is 0.454 e. The van der Waals surface area contributed by atoms with Gasteiger partial charge >= 0.3 is 0 Å². The summed E-state index contributed by atoms with van der Waals surface area (Å²) in [7, 11) is 0. The quantitative estimate of drug-likeness (QED) is 0.565. The first-order chi connectivity index (χ1) is 14.3. The van der Waals surface area contributed by atoms with Crippen LogP contribution in [0.4, 0.5) is 0 Å². The van der Waals surface area contributed by atoms with E-state index in [1.165, 1.54) is 5.56 Å². The highest BCUT2D eigenvalue weighted by molar-refractivity contribution is 5.82. The number of nitrogens with one attached hydrogen (secondary N) is 1.